The topological polar surface area (TPSA) is 98.8 Å². The van der Waals surface area contributed by atoms with Crippen molar-refractivity contribution in [2.24, 2.45) is 0 Å². The lowest BCUT2D eigenvalue weighted by Gasteiger charge is -2.26. The average Bonchev–Trinajstić information content (AvgIpc) is 3.03. The molecule has 1 heterocycles. The number of anilines is 1. The fourth-order valence-electron chi connectivity index (χ4n) is 4.21. The average molecular weight is 493 g/mol. The Morgan fingerprint density at radius 2 is 1.69 bits per heavy atom. The lowest BCUT2D eigenvalue weighted by atomic mass is 9.84. The van der Waals surface area contributed by atoms with Crippen LogP contribution in [-0.4, -0.2) is 53.2 Å². The molecule has 1 aliphatic heterocycles. The van der Waals surface area contributed by atoms with E-state index >= 15 is 0 Å². The summed E-state index contributed by atoms with van der Waals surface area (Å²) in [6.45, 7) is 11.4. The number of nitrogens with one attached hydrogen (secondary N) is 2. The number of rotatable bonds is 8. The van der Waals surface area contributed by atoms with Gasteiger partial charge in [-0.15, -0.1) is 0 Å². The molecule has 0 unspecified atom stereocenters. The molecule has 0 aliphatic carbocycles. The number of amides is 5. The second kappa shape index (κ2) is 10.5. The van der Waals surface area contributed by atoms with Crippen molar-refractivity contribution >= 4 is 29.4 Å². The van der Waals surface area contributed by atoms with Crippen molar-refractivity contribution in [1.29, 1.82) is 0 Å². The zero-order valence-electron chi connectivity index (χ0n) is 22.0. The molecule has 2 aromatic carbocycles. The maximum absolute atomic E-state index is 13.3. The molecule has 0 bridgehead atoms. The van der Waals surface area contributed by atoms with Gasteiger partial charge in [0.15, 0.2) is 0 Å². The first kappa shape index (κ1) is 26.9. The minimum atomic E-state index is -1.27. The van der Waals surface area contributed by atoms with E-state index in [2.05, 4.69) is 31.4 Å². The molecule has 1 saturated heterocycles. The Morgan fingerprint density at radius 3 is 2.28 bits per heavy atom. The zero-order valence-corrected chi connectivity index (χ0v) is 22.0. The largest absolute Gasteiger partial charge is 0.332 e. The van der Waals surface area contributed by atoms with Crippen molar-refractivity contribution in [2.45, 2.75) is 58.9 Å². The number of imide groups is 1. The van der Waals surface area contributed by atoms with E-state index in [0.717, 1.165) is 16.0 Å². The molecule has 8 nitrogen and oxygen atoms in total. The second-order valence-corrected chi connectivity index (χ2v) is 10.5. The molecule has 0 aromatic heterocycles. The first-order chi connectivity index (χ1) is 16.9. The van der Waals surface area contributed by atoms with E-state index in [-0.39, 0.29) is 17.9 Å². The van der Waals surface area contributed by atoms with Gasteiger partial charge < -0.3 is 15.5 Å². The Hall–Kier alpha value is -3.68. The summed E-state index contributed by atoms with van der Waals surface area (Å²) in [5, 5.41) is 5.57. The molecule has 0 saturated carbocycles. The number of benzene rings is 2. The van der Waals surface area contributed by atoms with Crippen LogP contribution in [0.5, 0.6) is 0 Å². The third kappa shape index (κ3) is 5.75. The van der Waals surface area contributed by atoms with Gasteiger partial charge in [-0.25, -0.2) is 4.79 Å². The highest BCUT2D eigenvalue weighted by Crippen LogP contribution is 2.31. The van der Waals surface area contributed by atoms with Gasteiger partial charge in [0, 0.05) is 12.2 Å². The van der Waals surface area contributed by atoms with Gasteiger partial charge in [-0.05, 0) is 48.4 Å². The Morgan fingerprint density at radius 1 is 1.06 bits per heavy atom. The Bertz CT molecular complexity index is 1150. The lowest BCUT2D eigenvalue weighted by Crippen LogP contribution is -2.46. The first-order valence-corrected chi connectivity index (χ1v) is 12.2. The summed E-state index contributed by atoms with van der Waals surface area (Å²) in [6, 6.07) is 14.3. The summed E-state index contributed by atoms with van der Waals surface area (Å²) in [6.07, 6.45) is 0.626. The highest BCUT2D eigenvalue weighted by atomic mass is 16.2. The molecule has 3 rings (SSSR count). The standard InChI is InChI=1S/C28H36N4O4/c1-7-16-31(17-23(33)29-22-11-9-8-10-19(22)2)24(34)18-32-25(35)28(6,30-26(32)36)21-14-12-20(13-15-21)27(3,4)5/h8-15H,7,16-18H2,1-6H3,(H,29,33)(H,30,36)/t28-/m1/s1. The Labute approximate surface area is 213 Å². The third-order valence-corrected chi connectivity index (χ3v) is 6.50. The van der Waals surface area contributed by atoms with Crippen molar-refractivity contribution in [3.05, 3.63) is 65.2 Å². The van der Waals surface area contributed by atoms with Crippen molar-refractivity contribution < 1.29 is 19.2 Å². The van der Waals surface area contributed by atoms with Crippen LogP contribution in [0.2, 0.25) is 0 Å². The quantitative estimate of drug-likeness (QED) is 0.546. The minimum Gasteiger partial charge on any atom is -0.332 e. The highest BCUT2D eigenvalue weighted by Gasteiger charge is 2.49. The summed E-state index contributed by atoms with van der Waals surface area (Å²) in [5.41, 5.74) is 2.02. The van der Waals surface area contributed by atoms with Crippen LogP contribution in [0.4, 0.5) is 10.5 Å². The van der Waals surface area contributed by atoms with Crippen LogP contribution in [-0.2, 0) is 25.3 Å². The van der Waals surface area contributed by atoms with Crippen molar-refractivity contribution in [3.63, 3.8) is 0 Å². The summed E-state index contributed by atoms with van der Waals surface area (Å²) in [7, 11) is 0. The molecule has 0 radical (unpaired) electrons. The van der Waals surface area contributed by atoms with Crippen molar-refractivity contribution in [3.8, 4) is 0 Å². The molecule has 2 aromatic rings. The van der Waals surface area contributed by atoms with E-state index in [1.165, 1.54) is 4.90 Å². The summed E-state index contributed by atoms with van der Waals surface area (Å²) in [4.78, 5) is 54.2. The summed E-state index contributed by atoms with van der Waals surface area (Å²) < 4.78 is 0. The molecule has 0 spiro atoms. The molecular formula is C28H36N4O4. The fraction of sp³-hybridized carbons (Fsp3) is 0.429. The maximum Gasteiger partial charge on any atom is 0.325 e. The van der Waals surface area contributed by atoms with Crippen LogP contribution in [0.15, 0.2) is 48.5 Å². The summed E-state index contributed by atoms with van der Waals surface area (Å²) in [5.74, 6) is -1.30. The number of para-hydroxylation sites is 1. The predicted molar refractivity (Wildman–Crippen MR) is 139 cm³/mol. The van der Waals surface area contributed by atoms with E-state index in [9.17, 15) is 19.2 Å². The highest BCUT2D eigenvalue weighted by molar-refractivity contribution is 6.09. The van der Waals surface area contributed by atoms with E-state index in [4.69, 9.17) is 0 Å². The Balaban J connectivity index is 1.71. The molecule has 36 heavy (non-hydrogen) atoms. The van der Waals surface area contributed by atoms with Crippen LogP contribution in [0.1, 0.15) is 57.7 Å². The molecular weight excluding hydrogens is 456 g/mol. The Kier molecular flexibility index (Phi) is 7.86. The number of nitrogens with zero attached hydrogens (tertiary/aromatic N) is 2. The maximum atomic E-state index is 13.3. The van der Waals surface area contributed by atoms with Gasteiger partial charge in [-0.1, -0.05) is 70.2 Å². The van der Waals surface area contributed by atoms with Crippen molar-refractivity contribution in [2.75, 3.05) is 25.0 Å². The molecule has 192 valence electrons. The molecule has 5 amide bonds. The number of carbonyl (C=O) groups is 4. The third-order valence-electron chi connectivity index (χ3n) is 6.50. The normalized spacial score (nSPS) is 17.7. The number of aryl methyl sites for hydroxylation is 1. The predicted octanol–water partition coefficient (Wildman–Crippen LogP) is 3.94. The number of carbonyl (C=O) groups excluding carboxylic acids is 4. The van der Waals surface area contributed by atoms with E-state index in [0.29, 0.717) is 24.2 Å². The van der Waals surface area contributed by atoms with E-state index < -0.39 is 29.9 Å². The van der Waals surface area contributed by atoms with Crippen LogP contribution >= 0.6 is 0 Å². The lowest BCUT2D eigenvalue weighted by molar-refractivity contribution is -0.140. The van der Waals surface area contributed by atoms with Crippen molar-refractivity contribution in [1.82, 2.24) is 15.1 Å². The van der Waals surface area contributed by atoms with Gasteiger partial charge >= 0.3 is 6.03 Å². The second-order valence-electron chi connectivity index (χ2n) is 10.5. The molecule has 1 atom stereocenters. The number of hydrogen-bond donors (Lipinski definition) is 2. The van der Waals surface area contributed by atoms with Crippen LogP contribution in [0.25, 0.3) is 0 Å². The van der Waals surface area contributed by atoms with E-state index in [1.54, 1.807) is 13.0 Å². The molecule has 2 N–H and O–H groups in total. The van der Waals surface area contributed by atoms with Gasteiger partial charge in [-0.3, -0.25) is 19.3 Å². The first-order valence-electron chi connectivity index (χ1n) is 12.2. The fourth-order valence-corrected chi connectivity index (χ4v) is 4.21. The van der Waals surface area contributed by atoms with Gasteiger partial charge in [0.25, 0.3) is 5.91 Å². The number of urea groups is 1. The van der Waals surface area contributed by atoms with Crippen LogP contribution in [0.3, 0.4) is 0 Å². The molecule has 1 fully saturated rings. The smallest absolute Gasteiger partial charge is 0.325 e. The zero-order chi connectivity index (χ0) is 26.7. The van der Waals surface area contributed by atoms with Gasteiger partial charge in [-0.2, -0.15) is 0 Å². The van der Waals surface area contributed by atoms with Gasteiger partial charge in [0.2, 0.25) is 11.8 Å². The molecule has 1 aliphatic rings. The van der Waals surface area contributed by atoms with Crippen LogP contribution < -0.4 is 10.6 Å². The van der Waals surface area contributed by atoms with E-state index in [1.807, 2.05) is 56.3 Å². The molecule has 8 heteroatoms. The van der Waals surface area contributed by atoms with Gasteiger partial charge in [0.1, 0.15) is 12.1 Å². The SMILES string of the molecule is CCCN(CC(=O)Nc1ccccc1C)C(=O)CN1C(=O)N[C@](C)(c2ccc(C(C)(C)C)cc2)C1=O. The van der Waals surface area contributed by atoms with Gasteiger partial charge in [0.05, 0.1) is 6.54 Å². The monoisotopic (exact) mass is 492 g/mol. The summed E-state index contributed by atoms with van der Waals surface area (Å²) >= 11 is 0. The van der Waals surface area contributed by atoms with Crippen LogP contribution in [0, 0.1) is 6.92 Å². The minimum absolute atomic E-state index is 0.0466. The number of hydrogen-bond acceptors (Lipinski definition) is 4.